The van der Waals surface area contributed by atoms with Crippen LogP contribution in [-0.2, 0) is 29.7 Å². The summed E-state index contributed by atoms with van der Waals surface area (Å²) in [6.45, 7) is 7.37. The van der Waals surface area contributed by atoms with Gasteiger partial charge in [0.2, 0.25) is 10.0 Å². The summed E-state index contributed by atoms with van der Waals surface area (Å²) < 4.78 is 30.7. The Bertz CT molecular complexity index is 1330. The summed E-state index contributed by atoms with van der Waals surface area (Å²) >= 11 is 0. The second-order valence-corrected chi connectivity index (χ2v) is 10.1. The highest BCUT2D eigenvalue weighted by Crippen LogP contribution is 2.19. The Labute approximate surface area is 192 Å². The summed E-state index contributed by atoms with van der Waals surface area (Å²) in [5, 5.41) is 0. The van der Waals surface area contributed by atoms with Crippen LogP contribution in [0.3, 0.4) is 0 Å². The van der Waals surface area contributed by atoms with E-state index in [2.05, 4.69) is 9.88 Å². The zero-order chi connectivity index (χ0) is 23.6. The van der Waals surface area contributed by atoms with E-state index in [0.717, 1.165) is 12.8 Å². The Morgan fingerprint density at radius 2 is 1.70 bits per heavy atom. The van der Waals surface area contributed by atoms with E-state index in [9.17, 15) is 18.0 Å². The average Bonchev–Trinajstić information content (AvgIpc) is 3.18. The molecule has 0 aliphatic carbocycles. The number of fused-ring (bicyclic) bond motifs is 1. The zero-order valence-electron chi connectivity index (χ0n) is 19.0. The molecule has 1 aliphatic rings. The number of sulfonamides is 1. The van der Waals surface area contributed by atoms with Crippen LogP contribution >= 0.6 is 0 Å². The number of rotatable bonds is 8. The predicted molar refractivity (Wildman–Crippen MR) is 126 cm³/mol. The third-order valence-corrected chi connectivity index (χ3v) is 8.01. The maximum absolute atomic E-state index is 12.9. The lowest BCUT2D eigenvalue weighted by molar-refractivity contribution is 0.176. The van der Waals surface area contributed by atoms with E-state index in [-0.39, 0.29) is 0 Å². The van der Waals surface area contributed by atoms with Gasteiger partial charge in [0.15, 0.2) is 11.2 Å². The fourth-order valence-corrected chi connectivity index (χ4v) is 5.72. The minimum atomic E-state index is -3.51. The first kappa shape index (κ1) is 23.4. The van der Waals surface area contributed by atoms with Crippen molar-refractivity contribution in [1.29, 1.82) is 0 Å². The van der Waals surface area contributed by atoms with Gasteiger partial charge in [0, 0.05) is 39.3 Å². The molecule has 0 saturated carbocycles. The molecule has 4 rings (SSSR count). The lowest BCUT2D eigenvalue weighted by Gasteiger charge is -2.33. The summed E-state index contributed by atoms with van der Waals surface area (Å²) in [7, 11) is -3.51. The van der Waals surface area contributed by atoms with E-state index in [4.69, 9.17) is 4.98 Å². The number of hydrogen-bond acceptors (Lipinski definition) is 6. The standard InChI is InChI=1S/C22H30N6O4S/c1-3-5-11-28-20-19(21(29)24-22(28)30)27(4-2)18(23-20)16-25-12-14-26(15-13-25)33(31,32)17-9-7-6-8-10-17/h6-10H,3-5,11-16H2,1-2H3,(H,24,29,30). The van der Waals surface area contributed by atoms with Gasteiger partial charge in [0.05, 0.1) is 11.4 Å². The van der Waals surface area contributed by atoms with Crippen molar-refractivity contribution in [3.63, 3.8) is 0 Å². The van der Waals surface area contributed by atoms with Crippen LogP contribution in [-0.4, -0.2) is 62.9 Å². The largest absolute Gasteiger partial charge is 0.330 e. The first-order valence-corrected chi connectivity index (χ1v) is 12.8. The van der Waals surface area contributed by atoms with Gasteiger partial charge in [-0.2, -0.15) is 4.31 Å². The van der Waals surface area contributed by atoms with Crippen molar-refractivity contribution in [3.05, 3.63) is 57.0 Å². The summed E-state index contributed by atoms with van der Waals surface area (Å²) in [4.78, 5) is 34.5. The first-order valence-electron chi connectivity index (χ1n) is 11.4. The fourth-order valence-electron chi connectivity index (χ4n) is 4.27. The molecule has 1 aromatic carbocycles. The molecule has 11 heteroatoms. The van der Waals surface area contributed by atoms with E-state index in [0.29, 0.717) is 67.7 Å². The molecule has 1 N–H and O–H groups in total. The topological polar surface area (TPSA) is 113 Å². The Hall–Kier alpha value is -2.76. The summed E-state index contributed by atoms with van der Waals surface area (Å²) in [5.74, 6) is 0.702. The van der Waals surface area contributed by atoms with Crippen LogP contribution in [0, 0.1) is 0 Å². The quantitative estimate of drug-likeness (QED) is 0.525. The van der Waals surface area contributed by atoms with Crippen LogP contribution in [0.2, 0.25) is 0 Å². The minimum Gasteiger partial charge on any atom is -0.321 e. The molecule has 10 nitrogen and oxygen atoms in total. The maximum atomic E-state index is 12.9. The lowest BCUT2D eigenvalue weighted by atomic mass is 10.3. The maximum Gasteiger partial charge on any atom is 0.330 e. The van der Waals surface area contributed by atoms with Gasteiger partial charge in [0.1, 0.15) is 5.82 Å². The van der Waals surface area contributed by atoms with Gasteiger partial charge in [-0.3, -0.25) is 19.2 Å². The minimum absolute atomic E-state index is 0.301. The highest BCUT2D eigenvalue weighted by molar-refractivity contribution is 7.89. The number of hydrogen-bond donors (Lipinski definition) is 1. The van der Waals surface area contributed by atoms with Crippen molar-refractivity contribution in [2.24, 2.45) is 0 Å². The molecule has 1 fully saturated rings. The van der Waals surface area contributed by atoms with E-state index >= 15 is 0 Å². The number of aryl methyl sites for hydroxylation is 2. The number of piperazine rings is 1. The van der Waals surface area contributed by atoms with Crippen LogP contribution in [0.15, 0.2) is 44.8 Å². The third-order valence-electron chi connectivity index (χ3n) is 6.09. The number of aromatic amines is 1. The van der Waals surface area contributed by atoms with E-state index in [1.165, 1.54) is 4.31 Å². The lowest BCUT2D eigenvalue weighted by Crippen LogP contribution is -2.48. The summed E-state index contributed by atoms with van der Waals surface area (Å²) in [6.07, 6.45) is 1.73. The average molecular weight is 475 g/mol. The molecule has 2 aromatic heterocycles. The number of H-pyrrole nitrogens is 1. The van der Waals surface area contributed by atoms with Crippen LogP contribution in [0.4, 0.5) is 0 Å². The molecule has 0 atom stereocenters. The molecule has 1 saturated heterocycles. The fraction of sp³-hybridized carbons (Fsp3) is 0.500. The van der Waals surface area contributed by atoms with Crippen molar-refractivity contribution >= 4 is 21.2 Å². The third kappa shape index (κ3) is 4.53. The number of unbranched alkanes of at least 4 members (excludes halogenated alkanes) is 1. The van der Waals surface area contributed by atoms with Crippen molar-refractivity contribution in [2.75, 3.05) is 26.2 Å². The van der Waals surface area contributed by atoms with Crippen molar-refractivity contribution in [1.82, 2.24) is 28.3 Å². The van der Waals surface area contributed by atoms with Crippen molar-refractivity contribution < 1.29 is 8.42 Å². The molecule has 33 heavy (non-hydrogen) atoms. The zero-order valence-corrected chi connectivity index (χ0v) is 19.8. The molecule has 0 unspecified atom stereocenters. The van der Waals surface area contributed by atoms with Crippen molar-refractivity contribution in [2.45, 2.75) is 51.2 Å². The van der Waals surface area contributed by atoms with Gasteiger partial charge in [-0.05, 0) is 25.5 Å². The number of imidazole rings is 1. The summed E-state index contributed by atoms with van der Waals surface area (Å²) in [5.41, 5.74) is -0.0389. The molecule has 3 heterocycles. The Morgan fingerprint density at radius 1 is 1.00 bits per heavy atom. The van der Waals surface area contributed by atoms with Gasteiger partial charge in [0.25, 0.3) is 5.56 Å². The van der Waals surface area contributed by atoms with E-state index < -0.39 is 21.3 Å². The van der Waals surface area contributed by atoms with Crippen LogP contribution < -0.4 is 11.2 Å². The van der Waals surface area contributed by atoms with Crippen LogP contribution in [0.25, 0.3) is 11.2 Å². The number of nitrogens with one attached hydrogen (secondary N) is 1. The van der Waals surface area contributed by atoms with Gasteiger partial charge < -0.3 is 4.57 Å². The SMILES string of the molecule is CCCCn1c(=O)[nH]c(=O)c2c1nc(CN1CCN(S(=O)(=O)c3ccccc3)CC1)n2CC. The molecule has 0 amide bonds. The van der Waals surface area contributed by atoms with Gasteiger partial charge in [-0.25, -0.2) is 18.2 Å². The highest BCUT2D eigenvalue weighted by Gasteiger charge is 2.29. The molecular weight excluding hydrogens is 444 g/mol. The van der Waals surface area contributed by atoms with Crippen LogP contribution in [0.5, 0.6) is 0 Å². The molecule has 1 aliphatic heterocycles. The number of aromatic nitrogens is 4. The second kappa shape index (κ2) is 9.62. The normalized spacial score (nSPS) is 15.9. The first-order chi connectivity index (χ1) is 15.9. The summed E-state index contributed by atoms with van der Waals surface area (Å²) in [6, 6.07) is 8.46. The predicted octanol–water partition coefficient (Wildman–Crippen LogP) is 1.21. The van der Waals surface area contributed by atoms with E-state index in [1.807, 2.05) is 18.4 Å². The molecular formula is C22H30N6O4S. The smallest absolute Gasteiger partial charge is 0.321 e. The van der Waals surface area contributed by atoms with Crippen LogP contribution in [0.1, 0.15) is 32.5 Å². The number of nitrogens with zero attached hydrogens (tertiary/aromatic N) is 5. The Morgan fingerprint density at radius 3 is 2.33 bits per heavy atom. The van der Waals surface area contributed by atoms with Gasteiger partial charge >= 0.3 is 5.69 Å². The molecule has 0 spiro atoms. The molecule has 3 aromatic rings. The molecule has 0 bridgehead atoms. The Balaban J connectivity index is 1.56. The van der Waals surface area contributed by atoms with Gasteiger partial charge in [-0.15, -0.1) is 0 Å². The molecule has 0 radical (unpaired) electrons. The van der Waals surface area contributed by atoms with Crippen molar-refractivity contribution in [3.8, 4) is 0 Å². The number of benzene rings is 1. The van der Waals surface area contributed by atoms with Gasteiger partial charge in [-0.1, -0.05) is 31.5 Å². The van der Waals surface area contributed by atoms with E-state index in [1.54, 1.807) is 34.9 Å². The Kier molecular flexibility index (Phi) is 6.82. The molecule has 178 valence electrons. The monoisotopic (exact) mass is 474 g/mol. The second-order valence-electron chi connectivity index (χ2n) is 8.20. The highest BCUT2D eigenvalue weighted by atomic mass is 32.2.